The zero-order valence-electron chi connectivity index (χ0n) is 12.1. The van der Waals surface area contributed by atoms with Crippen molar-refractivity contribution in [3.63, 3.8) is 0 Å². The van der Waals surface area contributed by atoms with Crippen LogP contribution < -0.4 is 5.32 Å². The van der Waals surface area contributed by atoms with Gasteiger partial charge in [0, 0.05) is 11.9 Å². The lowest BCUT2D eigenvalue weighted by atomic mass is 10.3. The van der Waals surface area contributed by atoms with Gasteiger partial charge in [-0.05, 0) is 30.3 Å². The van der Waals surface area contributed by atoms with Gasteiger partial charge in [0.15, 0.2) is 0 Å². The molecule has 0 spiro atoms. The molecular formula is C15H10ClFN4O2S. The van der Waals surface area contributed by atoms with E-state index in [4.69, 9.17) is 16.0 Å². The molecule has 3 aromatic rings. The second-order valence-corrected chi connectivity index (χ2v) is 5.89. The first-order valence-corrected chi connectivity index (χ1v) is 8.11. The van der Waals surface area contributed by atoms with Gasteiger partial charge in [-0.15, -0.1) is 10.2 Å². The second-order valence-electron chi connectivity index (χ2n) is 4.55. The first-order valence-electron chi connectivity index (χ1n) is 6.74. The number of nitrogens with one attached hydrogen (secondary N) is 1. The average molecular weight is 365 g/mol. The Balaban J connectivity index is 1.56. The van der Waals surface area contributed by atoms with Gasteiger partial charge in [-0.3, -0.25) is 9.78 Å². The second kappa shape index (κ2) is 7.41. The molecule has 24 heavy (non-hydrogen) atoms. The number of carbonyl (C=O) groups excluding carboxylic acids is 1. The van der Waals surface area contributed by atoms with Crippen molar-refractivity contribution in [2.75, 3.05) is 11.1 Å². The topological polar surface area (TPSA) is 80.9 Å². The number of amides is 1. The van der Waals surface area contributed by atoms with Crippen LogP contribution in [0.4, 0.5) is 10.1 Å². The number of hydrogen-bond acceptors (Lipinski definition) is 6. The number of rotatable bonds is 5. The highest BCUT2D eigenvalue weighted by Crippen LogP contribution is 2.22. The van der Waals surface area contributed by atoms with Crippen molar-refractivity contribution in [3.8, 4) is 11.6 Å². The van der Waals surface area contributed by atoms with E-state index in [1.54, 1.807) is 24.4 Å². The van der Waals surface area contributed by atoms with Gasteiger partial charge in [0.2, 0.25) is 5.91 Å². The van der Waals surface area contributed by atoms with E-state index in [2.05, 4.69) is 20.5 Å². The van der Waals surface area contributed by atoms with E-state index in [9.17, 15) is 9.18 Å². The molecule has 0 bridgehead atoms. The Hall–Kier alpha value is -2.45. The third-order valence-corrected chi connectivity index (χ3v) is 3.93. The van der Waals surface area contributed by atoms with Crippen molar-refractivity contribution in [1.29, 1.82) is 0 Å². The number of aromatic nitrogens is 3. The van der Waals surface area contributed by atoms with E-state index < -0.39 is 5.82 Å². The minimum atomic E-state index is -0.544. The number of carbonyl (C=O) groups is 1. The van der Waals surface area contributed by atoms with Crippen molar-refractivity contribution < 1.29 is 13.6 Å². The quantitative estimate of drug-likeness (QED) is 0.696. The highest BCUT2D eigenvalue weighted by molar-refractivity contribution is 7.99. The number of hydrogen-bond donors (Lipinski definition) is 1. The monoisotopic (exact) mass is 364 g/mol. The molecular weight excluding hydrogens is 355 g/mol. The smallest absolute Gasteiger partial charge is 0.277 e. The Morgan fingerprint density at radius 3 is 2.92 bits per heavy atom. The van der Waals surface area contributed by atoms with Gasteiger partial charge in [-0.25, -0.2) is 4.39 Å². The number of benzene rings is 1. The molecule has 0 aliphatic heterocycles. The van der Waals surface area contributed by atoms with Crippen LogP contribution in [0.15, 0.2) is 52.2 Å². The molecule has 0 unspecified atom stereocenters. The van der Waals surface area contributed by atoms with Crippen LogP contribution in [-0.4, -0.2) is 26.8 Å². The standard InChI is InChI=1S/C15H10ClFN4O2S/c16-10-7-9(4-5-11(10)17)19-13(22)8-24-15-21-20-14(23-15)12-3-1-2-6-18-12/h1-7H,8H2,(H,19,22). The lowest BCUT2D eigenvalue weighted by molar-refractivity contribution is -0.113. The van der Waals surface area contributed by atoms with Gasteiger partial charge in [0.1, 0.15) is 11.5 Å². The number of pyridine rings is 1. The molecule has 2 aromatic heterocycles. The maximum Gasteiger partial charge on any atom is 0.277 e. The van der Waals surface area contributed by atoms with Gasteiger partial charge in [-0.1, -0.05) is 29.4 Å². The summed E-state index contributed by atoms with van der Waals surface area (Å²) >= 11 is 6.74. The first-order chi connectivity index (χ1) is 11.6. The summed E-state index contributed by atoms with van der Waals surface area (Å²) in [5.74, 6) is -0.514. The summed E-state index contributed by atoms with van der Waals surface area (Å²) in [4.78, 5) is 16.0. The highest BCUT2D eigenvalue weighted by Gasteiger charge is 2.12. The molecule has 122 valence electrons. The summed E-state index contributed by atoms with van der Waals surface area (Å²) < 4.78 is 18.5. The molecule has 2 heterocycles. The minimum absolute atomic E-state index is 0.0544. The number of thioether (sulfide) groups is 1. The fraction of sp³-hybridized carbons (Fsp3) is 0.0667. The Morgan fingerprint density at radius 1 is 1.29 bits per heavy atom. The van der Waals surface area contributed by atoms with Crippen LogP contribution in [0.5, 0.6) is 0 Å². The molecule has 0 aliphatic rings. The fourth-order valence-corrected chi connectivity index (χ4v) is 2.50. The summed E-state index contributed by atoms with van der Waals surface area (Å²) in [7, 11) is 0. The largest absolute Gasteiger partial charge is 0.410 e. The molecule has 3 rings (SSSR count). The van der Waals surface area contributed by atoms with Gasteiger partial charge in [-0.2, -0.15) is 0 Å². The summed E-state index contributed by atoms with van der Waals surface area (Å²) in [6.45, 7) is 0. The molecule has 1 aromatic carbocycles. The minimum Gasteiger partial charge on any atom is -0.410 e. The van der Waals surface area contributed by atoms with E-state index in [1.807, 2.05) is 0 Å². The number of halogens is 2. The SMILES string of the molecule is O=C(CSc1nnc(-c2ccccn2)o1)Nc1ccc(F)c(Cl)c1. The molecule has 0 aliphatic carbocycles. The Labute approximate surface area is 145 Å². The van der Waals surface area contributed by atoms with Crippen LogP contribution >= 0.6 is 23.4 Å². The molecule has 0 fully saturated rings. The fourth-order valence-electron chi connectivity index (χ4n) is 1.76. The summed E-state index contributed by atoms with van der Waals surface area (Å²) in [6.07, 6.45) is 1.62. The van der Waals surface area contributed by atoms with Crippen molar-refractivity contribution in [1.82, 2.24) is 15.2 Å². The van der Waals surface area contributed by atoms with Crippen molar-refractivity contribution in [3.05, 3.63) is 53.4 Å². The van der Waals surface area contributed by atoms with Crippen molar-refractivity contribution >= 4 is 35.0 Å². The van der Waals surface area contributed by atoms with Crippen molar-refractivity contribution in [2.45, 2.75) is 5.22 Å². The van der Waals surface area contributed by atoms with Gasteiger partial charge < -0.3 is 9.73 Å². The molecule has 0 atom stereocenters. The van der Waals surface area contributed by atoms with E-state index in [0.717, 1.165) is 11.8 Å². The Morgan fingerprint density at radius 2 is 2.17 bits per heavy atom. The lowest BCUT2D eigenvalue weighted by Crippen LogP contribution is -2.14. The van der Waals surface area contributed by atoms with Crippen LogP contribution in [0.1, 0.15) is 0 Å². The molecule has 0 radical (unpaired) electrons. The highest BCUT2D eigenvalue weighted by atomic mass is 35.5. The van der Waals surface area contributed by atoms with E-state index >= 15 is 0 Å². The molecule has 6 nitrogen and oxygen atoms in total. The van der Waals surface area contributed by atoms with Crippen LogP contribution in [-0.2, 0) is 4.79 Å². The Kier molecular flexibility index (Phi) is 5.07. The third kappa shape index (κ3) is 4.09. The summed E-state index contributed by atoms with van der Waals surface area (Å²) in [5, 5.41) is 10.5. The molecule has 1 amide bonds. The molecule has 9 heteroatoms. The van der Waals surface area contributed by atoms with E-state index in [0.29, 0.717) is 11.4 Å². The Bertz CT molecular complexity index is 860. The zero-order chi connectivity index (χ0) is 16.9. The van der Waals surface area contributed by atoms with E-state index in [1.165, 1.54) is 18.2 Å². The summed E-state index contributed by atoms with van der Waals surface area (Å²) in [5.41, 5.74) is 0.967. The van der Waals surface area contributed by atoms with Gasteiger partial charge in [0.05, 0.1) is 10.8 Å². The van der Waals surface area contributed by atoms with Crippen LogP contribution in [0.2, 0.25) is 5.02 Å². The molecule has 1 N–H and O–H groups in total. The summed E-state index contributed by atoms with van der Waals surface area (Å²) in [6, 6.07) is 9.28. The van der Waals surface area contributed by atoms with Gasteiger partial charge >= 0.3 is 0 Å². The van der Waals surface area contributed by atoms with E-state index in [-0.39, 0.29) is 27.8 Å². The normalized spacial score (nSPS) is 10.6. The molecule has 0 saturated heterocycles. The molecule has 0 saturated carbocycles. The third-order valence-electron chi connectivity index (χ3n) is 2.82. The van der Waals surface area contributed by atoms with Crippen LogP contribution in [0.3, 0.4) is 0 Å². The lowest BCUT2D eigenvalue weighted by Gasteiger charge is -2.04. The average Bonchev–Trinajstić information content (AvgIpc) is 3.06. The van der Waals surface area contributed by atoms with Gasteiger partial charge in [0.25, 0.3) is 11.1 Å². The number of anilines is 1. The predicted octanol–water partition coefficient (Wildman–Crippen LogP) is 3.65. The maximum atomic E-state index is 13.1. The van der Waals surface area contributed by atoms with Crippen LogP contribution in [0.25, 0.3) is 11.6 Å². The predicted molar refractivity (Wildman–Crippen MR) is 88.3 cm³/mol. The zero-order valence-corrected chi connectivity index (χ0v) is 13.6. The maximum absolute atomic E-state index is 13.1. The van der Waals surface area contributed by atoms with Crippen molar-refractivity contribution in [2.24, 2.45) is 0 Å². The first kappa shape index (κ1) is 16.4. The number of nitrogens with zero attached hydrogens (tertiary/aromatic N) is 3. The van der Waals surface area contributed by atoms with Crippen LogP contribution in [0, 0.1) is 5.82 Å².